The normalized spacial score (nSPS) is 29.2. The van der Waals surface area contributed by atoms with Gasteiger partial charge >= 0.3 is 0 Å². The maximum atomic E-state index is 13.0. The number of hydrogen-bond donors (Lipinski definition) is 2. The molecular weight excluding hydrogens is 376 g/mol. The summed E-state index contributed by atoms with van der Waals surface area (Å²) in [4.78, 5) is 13.0. The number of nitrogens with one attached hydrogen (secondary N) is 1. The zero-order valence-corrected chi connectivity index (χ0v) is 17.9. The van der Waals surface area contributed by atoms with E-state index < -0.39 is 0 Å². The molecule has 6 heteroatoms. The molecule has 3 N–H and O–H groups in total. The van der Waals surface area contributed by atoms with Crippen molar-refractivity contribution in [2.45, 2.75) is 64.5 Å². The molecule has 2 aromatic rings. The summed E-state index contributed by atoms with van der Waals surface area (Å²) in [6, 6.07) is 6.05. The summed E-state index contributed by atoms with van der Waals surface area (Å²) in [5.74, 6) is 3.98. The number of carbonyl (C=O) groups excluding carboxylic acids is 1. The van der Waals surface area contributed by atoms with Crippen LogP contribution in [-0.4, -0.2) is 22.6 Å². The first kappa shape index (κ1) is 19.4. The molecule has 4 aliphatic rings. The minimum Gasteiger partial charge on any atom is -0.467 e. The number of hydrogen-bond acceptors (Lipinski definition) is 3. The molecule has 1 amide bonds. The highest BCUT2D eigenvalue weighted by atomic mass is 16.3. The van der Waals surface area contributed by atoms with Crippen LogP contribution in [0.1, 0.15) is 61.1 Å². The second-order valence-electron chi connectivity index (χ2n) is 9.95. The Morgan fingerprint density at radius 2 is 1.93 bits per heavy atom. The van der Waals surface area contributed by atoms with Crippen LogP contribution in [0.25, 0.3) is 0 Å². The third-order valence-electron chi connectivity index (χ3n) is 7.90. The van der Waals surface area contributed by atoms with Crippen molar-refractivity contribution >= 4 is 11.7 Å². The van der Waals surface area contributed by atoms with Crippen molar-refractivity contribution in [2.24, 2.45) is 17.8 Å². The largest absolute Gasteiger partial charge is 0.467 e. The summed E-state index contributed by atoms with van der Waals surface area (Å²) in [7, 11) is 0. The number of nitrogens with zero attached hydrogens (tertiary/aromatic N) is 2. The molecule has 6 nitrogen and oxygen atoms in total. The highest BCUT2D eigenvalue weighted by molar-refractivity contribution is 5.92. The molecule has 2 heterocycles. The topological polar surface area (TPSA) is 87.6 Å². The zero-order valence-electron chi connectivity index (χ0n) is 17.9. The van der Waals surface area contributed by atoms with Crippen molar-refractivity contribution in [2.75, 3.05) is 11.9 Å². The number of nitriles is 1. The number of aromatic nitrogens is 1. The van der Waals surface area contributed by atoms with Crippen LogP contribution in [0.2, 0.25) is 0 Å². The van der Waals surface area contributed by atoms with E-state index in [1.807, 2.05) is 30.5 Å². The molecule has 6 rings (SSSR count). The van der Waals surface area contributed by atoms with E-state index in [1.165, 1.54) is 38.5 Å². The van der Waals surface area contributed by atoms with Gasteiger partial charge in [0, 0.05) is 25.0 Å². The lowest BCUT2D eigenvalue weighted by Gasteiger charge is -2.54. The van der Waals surface area contributed by atoms with Crippen molar-refractivity contribution < 1.29 is 14.5 Å². The predicted octanol–water partition coefficient (Wildman–Crippen LogP) is 3.09. The Balaban J connectivity index is 1.31. The molecule has 4 saturated carbocycles. The van der Waals surface area contributed by atoms with Crippen LogP contribution in [-0.2, 0) is 11.3 Å². The van der Waals surface area contributed by atoms with E-state index in [1.54, 1.807) is 6.26 Å². The quantitative estimate of drug-likeness (QED) is 0.771. The number of furan rings is 1. The molecule has 0 radical (unpaired) electrons. The molecule has 158 valence electrons. The second kappa shape index (κ2) is 7.31. The molecule has 4 fully saturated rings. The van der Waals surface area contributed by atoms with Crippen LogP contribution in [0.15, 0.2) is 22.8 Å². The summed E-state index contributed by atoms with van der Waals surface area (Å²) < 4.78 is 7.48. The summed E-state index contributed by atoms with van der Waals surface area (Å²) in [5.41, 5.74) is 2.70. The Hall–Kier alpha value is -2.52. The average molecular weight is 408 g/mol. The van der Waals surface area contributed by atoms with Gasteiger partial charge in [-0.1, -0.05) is 0 Å². The fourth-order valence-electron chi connectivity index (χ4n) is 6.81. The van der Waals surface area contributed by atoms with Crippen LogP contribution in [0, 0.1) is 42.9 Å². The molecule has 0 spiro atoms. The molecule has 0 aromatic carbocycles. The van der Waals surface area contributed by atoms with Gasteiger partial charge in [-0.05, 0) is 68.6 Å². The molecule has 4 aliphatic carbocycles. The Bertz CT molecular complexity index is 960. The Morgan fingerprint density at radius 3 is 2.50 bits per heavy atom. The maximum Gasteiger partial charge on any atom is 0.280 e. The van der Waals surface area contributed by atoms with E-state index >= 15 is 0 Å². The SMILES string of the molecule is Cc1c(C#N)c(NC(=O)C[NH2+]C23CC4CC(CC(C4)C2)C3)n(Cc2ccco2)c1C. The Morgan fingerprint density at radius 1 is 1.27 bits per heavy atom. The first-order valence-electron chi connectivity index (χ1n) is 11.2. The van der Waals surface area contributed by atoms with E-state index in [2.05, 4.69) is 16.7 Å². The third-order valence-corrected chi connectivity index (χ3v) is 7.90. The molecular formula is C24H31N4O2+. The van der Waals surface area contributed by atoms with Gasteiger partial charge in [-0.15, -0.1) is 0 Å². The fraction of sp³-hybridized carbons (Fsp3) is 0.583. The molecule has 0 unspecified atom stereocenters. The molecule has 0 atom stereocenters. The van der Waals surface area contributed by atoms with Gasteiger partial charge in [0.05, 0.1) is 23.9 Å². The molecule has 2 aromatic heterocycles. The average Bonchev–Trinajstić information content (AvgIpc) is 3.29. The number of anilines is 1. The van der Waals surface area contributed by atoms with Gasteiger partial charge in [-0.25, -0.2) is 0 Å². The van der Waals surface area contributed by atoms with Gasteiger partial charge in [0.15, 0.2) is 6.54 Å². The number of quaternary nitrogens is 1. The first-order valence-corrected chi connectivity index (χ1v) is 11.2. The summed E-state index contributed by atoms with van der Waals surface area (Å²) in [5, 5.41) is 15.1. The Labute approximate surface area is 177 Å². The van der Waals surface area contributed by atoms with Crippen molar-refractivity contribution in [1.29, 1.82) is 5.26 Å². The van der Waals surface area contributed by atoms with Crippen LogP contribution in [0.5, 0.6) is 0 Å². The number of rotatable bonds is 6. The van der Waals surface area contributed by atoms with Gasteiger partial charge in [-0.3, -0.25) is 4.79 Å². The lowest BCUT2D eigenvalue weighted by atomic mass is 9.53. The standard InChI is InChI=1S/C24H30N4O2/c1-15-16(2)28(14-20-4-3-5-30-20)23(21(15)12-25)27-22(29)13-26-24-9-17-6-18(10-24)8-19(7-17)11-24/h3-5,17-19,26H,6-11,13-14H2,1-2H3,(H,27,29)/p+1. The van der Waals surface area contributed by atoms with E-state index in [4.69, 9.17) is 4.42 Å². The van der Waals surface area contributed by atoms with E-state index in [-0.39, 0.29) is 11.4 Å². The first-order chi connectivity index (χ1) is 14.5. The van der Waals surface area contributed by atoms with Crippen LogP contribution < -0.4 is 10.6 Å². The summed E-state index contributed by atoms with van der Waals surface area (Å²) in [6.07, 6.45) is 9.66. The van der Waals surface area contributed by atoms with Crippen LogP contribution in [0.4, 0.5) is 5.82 Å². The van der Waals surface area contributed by atoms with Crippen molar-refractivity contribution in [3.8, 4) is 6.07 Å². The fourth-order valence-corrected chi connectivity index (χ4v) is 6.81. The lowest BCUT2D eigenvalue weighted by Crippen LogP contribution is -3.00. The van der Waals surface area contributed by atoms with Crippen LogP contribution >= 0.6 is 0 Å². The molecule has 0 aliphatic heterocycles. The monoisotopic (exact) mass is 407 g/mol. The van der Waals surface area contributed by atoms with Gasteiger partial charge in [0.2, 0.25) is 0 Å². The predicted molar refractivity (Wildman–Crippen MR) is 113 cm³/mol. The number of amides is 1. The van der Waals surface area contributed by atoms with Crippen molar-refractivity contribution in [3.63, 3.8) is 0 Å². The zero-order chi connectivity index (χ0) is 20.9. The highest BCUT2D eigenvalue weighted by Crippen LogP contribution is 2.54. The lowest BCUT2D eigenvalue weighted by molar-refractivity contribution is -0.729. The minimum atomic E-state index is -0.0274. The smallest absolute Gasteiger partial charge is 0.280 e. The van der Waals surface area contributed by atoms with Gasteiger partial charge in [0.25, 0.3) is 5.91 Å². The third kappa shape index (κ3) is 3.35. The second-order valence-corrected chi connectivity index (χ2v) is 9.95. The van der Waals surface area contributed by atoms with Gasteiger partial charge in [-0.2, -0.15) is 5.26 Å². The summed E-state index contributed by atoms with van der Waals surface area (Å²) >= 11 is 0. The number of nitrogens with two attached hydrogens (primary N) is 1. The van der Waals surface area contributed by atoms with Gasteiger partial charge in [0.1, 0.15) is 17.6 Å². The minimum absolute atomic E-state index is 0.0274. The summed E-state index contributed by atoms with van der Waals surface area (Å²) in [6.45, 7) is 4.83. The van der Waals surface area contributed by atoms with Crippen molar-refractivity contribution in [1.82, 2.24) is 4.57 Å². The maximum absolute atomic E-state index is 13.0. The van der Waals surface area contributed by atoms with Crippen LogP contribution in [0.3, 0.4) is 0 Å². The van der Waals surface area contributed by atoms with E-state index in [9.17, 15) is 10.1 Å². The van der Waals surface area contributed by atoms with Gasteiger partial charge < -0.3 is 19.6 Å². The molecule has 4 bridgehead atoms. The number of carbonyl (C=O) groups is 1. The Kier molecular flexibility index (Phi) is 4.74. The van der Waals surface area contributed by atoms with Crippen molar-refractivity contribution in [3.05, 3.63) is 41.0 Å². The highest BCUT2D eigenvalue weighted by Gasteiger charge is 2.53. The molecule has 0 saturated heterocycles. The van der Waals surface area contributed by atoms with E-state index in [0.717, 1.165) is 34.8 Å². The van der Waals surface area contributed by atoms with E-state index in [0.29, 0.717) is 24.5 Å². The molecule has 30 heavy (non-hydrogen) atoms.